The highest BCUT2D eigenvalue weighted by atomic mass is 16.5. The molecule has 0 aliphatic heterocycles. The number of aliphatic hydroxyl groups is 1. The molecule has 5 heteroatoms. The Morgan fingerprint density at radius 1 is 1.40 bits per heavy atom. The van der Waals surface area contributed by atoms with Gasteiger partial charge in [0, 0.05) is 6.54 Å². The van der Waals surface area contributed by atoms with E-state index in [1.807, 2.05) is 20.2 Å². The van der Waals surface area contributed by atoms with Crippen molar-refractivity contribution in [1.29, 1.82) is 5.26 Å². The minimum absolute atomic E-state index is 0.180. The molecule has 0 saturated carbocycles. The molecule has 0 fully saturated rings. The third-order valence-corrected chi connectivity index (χ3v) is 2.78. The zero-order valence-electron chi connectivity index (χ0n) is 12.2. The topological polar surface area (TPSA) is 68.5 Å². The highest BCUT2D eigenvalue weighted by molar-refractivity contribution is 5.42. The Bertz CT molecular complexity index is 429. The van der Waals surface area contributed by atoms with Crippen LogP contribution in [0.3, 0.4) is 0 Å². The molecule has 5 nitrogen and oxygen atoms in total. The van der Waals surface area contributed by atoms with Crippen molar-refractivity contribution in [2.75, 3.05) is 40.3 Å². The Morgan fingerprint density at radius 3 is 2.85 bits per heavy atom. The molecule has 0 saturated heterocycles. The fraction of sp³-hybridized carbons (Fsp3) is 0.533. The van der Waals surface area contributed by atoms with Crippen molar-refractivity contribution in [3.05, 3.63) is 29.8 Å². The summed E-state index contributed by atoms with van der Waals surface area (Å²) in [6.45, 7) is 2.56. The Balaban J connectivity index is 2.20. The zero-order chi connectivity index (χ0) is 14.8. The van der Waals surface area contributed by atoms with Crippen LogP contribution in [0.1, 0.15) is 12.0 Å². The molecular formula is C15H23N3O2. The van der Waals surface area contributed by atoms with E-state index in [9.17, 15) is 5.11 Å². The number of benzene rings is 1. The van der Waals surface area contributed by atoms with Crippen molar-refractivity contribution >= 4 is 0 Å². The molecule has 0 amide bonds. The molecule has 20 heavy (non-hydrogen) atoms. The Morgan fingerprint density at radius 2 is 2.15 bits per heavy atom. The fourth-order valence-corrected chi connectivity index (χ4v) is 1.72. The van der Waals surface area contributed by atoms with Gasteiger partial charge in [-0.25, -0.2) is 0 Å². The first-order valence-corrected chi connectivity index (χ1v) is 6.79. The summed E-state index contributed by atoms with van der Waals surface area (Å²) in [5, 5.41) is 21.9. The van der Waals surface area contributed by atoms with E-state index < -0.39 is 6.10 Å². The molecule has 0 aliphatic carbocycles. The molecule has 1 aromatic rings. The van der Waals surface area contributed by atoms with Crippen LogP contribution in [0.2, 0.25) is 0 Å². The predicted molar refractivity (Wildman–Crippen MR) is 78.7 cm³/mol. The van der Waals surface area contributed by atoms with Crippen LogP contribution < -0.4 is 10.1 Å². The smallest absolute Gasteiger partial charge is 0.137 e. The van der Waals surface area contributed by atoms with Crippen molar-refractivity contribution in [1.82, 2.24) is 10.2 Å². The molecule has 0 spiro atoms. The molecule has 1 unspecified atom stereocenters. The van der Waals surface area contributed by atoms with E-state index in [1.165, 1.54) is 0 Å². The van der Waals surface area contributed by atoms with Gasteiger partial charge in [-0.05, 0) is 45.7 Å². The lowest BCUT2D eigenvalue weighted by atomic mass is 10.2. The first-order valence-electron chi connectivity index (χ1n) is 6.79. The number of hydrogen-bond acceptors (Lipinski definition) is 5. The van der Waals surface area contributed by atoms with Crippen LogP contribution in [-0.2, 0) is 0 Å². The van der Waals surface area contributed by atoms with Crippen LogP contribution in [0.25, 0.3) is 0 Å². The maximum Gasteiger partial charge on any atom is 0.137 e. The quantitative estimate of drug-likeness (QED) is 0.655. The second-order valence-corrected chi connectivity index (χ2v) is 4.93. The summed E-state index contributed by atoms with van der Waals surface area (Å²) < 4.78 is 5.46. The lowest BCUT2D eigenvalue weighted by Gasteiger charge is -2.14. The summed E-state index contributed by atoms with van der Waals surface area (Å²) in [5.41, 5.74) is 0.485. The number of hydrogen-bond donors (Lipinski definition) is 2. The van der Waals surface area contributed by atoms with E-state index in [4.69, 9.17) is 10.00 Å². The van der Waals surface area contributed by atoms with E-state index in [0.717, 1.165) is 19.5 Å². The van der Waals surface area contributed by atoms with Gasteiger partial charge in [-0.1, -0.05) is 12.1 Å². The zero-order valence-corrected chi connectivity index (χ0v) is 12.2. The molecule has 0 heterocycles. The van der Waals surface area contributed by atoms with Crippen LogP contribution in [0.15, 0.2) is 24.3 Å². The van der Waals surface area contributed by atoms with Gasteiger partial charge in [-0.2, -0.15) is 5.26 Å². The maximum absolute atomic E-state index is 9.80. The van der Waals surface area contributed by atoms with Crippen LogP contribution in [0.5, 0.6) is 5.75 Å². The van der Waals surface area contributed by atoms with Crippen molar-refractivity contribution in [2.45, 2.75) is 12.5 Å². The van der Waals surface area contributed by atoms with Crippen molar-refractivity contribution in [3.8, 4) is 11.8 Å². The van der Waals surface area contributed by atoms with Crippen molar-refractivity contribution in [3.63, 3.8) is 0 Å². The summed E-state index contributed by atoms with van der Waals surface area (Å²) in [7, 11) is 4.07. The molecule has 1 rings (SSSR count). The van der Waals surface area contributed by atoms with Gasteiger partial charge < -0.3 is 20.1 Å². The first-order chi connectivity index (χ1) is 9.63. The SMILES string of the molecule is CN(C)CCCNCC(O)COc1ccccc1C#N. The third-order valence-electron chi connectivity index (χ3n) is 2.78. The van der Waals surface area contributed by atoms with Crippen LogP contribution >= 0.6 is 0 Å². The summed E-state index contributed by atoms with van der Waals surface area (Å²) in [4.78, 5) is 2.13. The largest absolute Gasteiger partial charge is 0.489 e. The average molecular weight is 277 g/mol. The highest BCUT2D eigenvalue weighted by Gasteiger charge is 2.07. The molecule has 0 aliphatic rings. The number of ether oxygens (including phenoxy) is 1. The molecule has 110 valence electrons. The van der Waals surface area contributed by atoms with E-state index in [1.54, 1.807) is 18.2 Å². The summed E-state index contributed by atoms with van der Waals surface area (Å²) in [6.07, 6.45) is 0.457. The van der Waals surface area contributed by atoms with Gasteiger partial charge in [-0.3, -0.25) is 0 Å². The van der Waals surface area contributed by atoms with Gasteiger partial charge >= 0.3 is 0 Å². The van der Waals surface area contributed by atoms with Crippen LogP contribution in [0.4, 0.5) is 0 Å². The normalized spacial score (nSPS) is 12.2. The summed E-state index contributed by atoms with van der Waals surface area (Å²) in [5.74, 6) is 0.515. The van der Waals surface area contributed by atoms with Gasteiger partial charge in [0.25, 0.3) is 0 Å². The van der Waals surface area contributed by atoms with Gasteiger partial charge in [-0.15, -0.1) is 0 Å². The summed E-state index contributed by atoms with van der Waals surface area (Å²) in [6, 6.07) is 9.08. The molecule has 2 N–H and O–H groups in total. The number of nitrogens with one attached hydrogen (secondary N) is 1. The molecule has 1 aromatic carbocycles. The van der Waals surface area contributed by atoms with E-state index in [2.05, 4.69) is 16.3 Å². The number of aliphatic hydroxyl groups excluding tert-OH is 1. The Labute approximate surface area is 120 Å². The standard InChI is InChI=1S/C15H23N3O2/c1-18(2)9-5-8-17-11-14(19)12-20-15-7-4-3-6-13(15)10-16/h3-4,6-7,14,17,19H,5,8-9,11-12H2,1-2H3. The van der Waals surface area contributed by atoms with Gasteiger partial charge in [0.15, 0.2) is 0 Å². The van der Waals surface area contributed by atoms with E-state index in [-0.39, 0.29) is 6.61 Å². The number of rotatable bonds is 9. The van der Waals surface area contributed by atoms with Gasteiger partial charge in [0.05, 0.1) is 5.56 Å². The molecule has 0 aromatic heterocycles. The monoisotopic (exact) mass is 277 g/mol. The molecular weight excluding hydrogens is 254 g/mol. The molecule has 0 radical (unpaired) electrons. The molecule has 1 atom stereocenters. The highest BCUT2D eigenvalue weighted by Crippen LogP contribution is 2.16. The Hall–Kier alpha value is -1.61. The van der Waals surface area contributed by atoms with E-state index >= 15 is 0 Å². The fourth-order valence-electron chi connectivity index (χ4n) is 1.72. The minimum atomic E-state index is -0.582. The second-order valence-electron chi connectivity index (χ2n) is 4.93. The minimum Gasteiger partial charge on any atom is -0.489 e. The first kappa shape index (κ1) is 16.4. The third kappa shape index (κ3) is 6.53. The van der Waals surface area contributed by atoms with Gasteiger partial charge in [0.2, 0.25) is 0 Å². The lowest BCUT2D eigenvalue weighted by molar-refractivity contribution is 0.106. The Kier molecular flexibility index (Phi) is 7.66. The maximum atomic E-state index is 9.80. The van der Waals surface area contributed by atoms with E-state index in [0.29, 0.717) is 17.9 Å². The number of para-hydroxylation sites is 1. The predicted octanol–water partition coefficient (Wildman–Crippen LogP) is 0.839. The number of nitrogens with zero attached hydrogens (tertiary/aromatic N) is 2. The van der Waals surface area contributed by atoms with Crippen LogP contribution in [0, 0.1) is 11.3 Å². The van der Waals surface area contributed by atoms with Crippen LogP contribution in [-0.4, -0.2) is 56.4 Å². The average Bonchev–Trinajstić information content (AvgIpc) is 2.44. The van der Waals surface area contributed by atoms with Gasteiger partial charge in [0.1, 0.15) is 24.5 Å². The summed E-state index contributed by atoms with van der Waals surface area (Å²) >= 11 is 0. The lowest BCUT2D eigenvalue weighted by Crippen LogP contribution is -2.33. The number of nitriles is 1. The second kappa shape index (κ2) is 9.32. The van der Waals surface area contributed by atoms with Crippen molar-refractivity contribution in [2.24, 2.45) is 0 Å². The van der Waals surface area contributed by atoms with Crippen molar-refractivity contribution < 1.29 is 9.84 Å². The molecule has 0 bridgehead atoms.